The Morgan fingerprint density at radius 1 is 1.12 bits per heavy atom. The molecule has 1 saturated heterocycles. The number of pyridine rings is 1. The van der Waals surface area contributed by atoms with Crippen LogP contribution in [0.3, 0.4) is 0 Å². The van der Waals surface area contributed by atoms with Gasteiger partial charge in [0.25, 0.3) is 5.91 Å². The summed E-state index contributed by atoms with van der Waals surface area (Å²) in [7, 11) is 0. The topological polar surface area (TPSA) is 103 Å². The SMILES string of the molecule is CC(=O)CCC(=O)N1CCN(c2cccc(C(=O)N[C@H]3C4CC5CC3C[C@](O)(C5)C4)n2)[C@H](C)C1. The number of anilines is 1. The molecule has 4 aliphatic carbocycles. The normalized spacial score (nSPS) is 34.3. The van der Waals surface area contributed by atoms with Crippen molar-refractivity contribution in [3.8, 4) is 0 Å². The lowest BCUT2D eigenvalue weighted by molar-refractivity contribution is -0.137. The summed E-state index contributed by atoms with van der Waals surface area (Å²) in [6, 6.07) is 5.73. The molecule has 8 nitrogen and oxygen atoms in total. The van der Waals surface area contributed by atoms with Crippen molar-refractivity contribution < 1.29 is 19.5 Å². The number of Topliss-reactive ketones (excluding diaryl/α,β-unsaturated/α-hetero) is 1. The van der Waals surface area contributed by atoms with Gasteiger partial charge in [0.15, 0.2) is 0 Å². The third-order valence-electron chi connectivity index (χ3n) is 8.47. The molecular formula is C26H36N4O4. The van der Waals surface area contributed by atoms with Crippen molar-refractivity contribution in [2.24, 2.45) is 17.8 Å². The smallest absolute Gasteiger partial charge is 0.270 e. The first-order valence-corrected chi connectivity index (χ1v) is 12.7. The van der Waals surface area contributed by atoms with E-state index >= 15 is 0 Å². The minimum absolute atomic E-state index is 0.0168. The number of carbonyl (C=O) groups excluding carboxylic acids is 3. The van der Waals surface area contributed by atoms with Gasteiger partial charge < -0.3 is 25.0 Å². The molecule has 0 spiro atoms. The molecule has 0 aromatic carbocycles. The summed E-state index contributed by atoms with van der Waals surface area (Å²) >= 11 is 0. The Morgan fingerprint density at radius 2 is 1.85 bits per heavy atom. The number of nitrogens with zero attached hydrogens (tertiary/aromatic N) is 3. The summed E-state index contributed by atoms with van der Waals surface area (Å²) in [4.78, 5) is 45.4. The van der Waals surface area contributed by atoms with E-state index in [1.54, 1.807) is 6.07 Å². The molecular weight excluding hydrogens is 432 g/mol. The average molecular weight is 469 g/mol. The van der Waals surface area contributed by atoms with Crippen LogP contribution in [0.1, 0.15) is 69.3 Å². The van der Waals surface area contributed by atoms with E-state index in [-0.39, 0.29) is 42.5 Å². The third-order valence-corrected chi connectivity index (χ3v) is 8.47. The molecule has 5 aliphatic rings. The zero-order chi connectivity index (χ0) is 24.0. The highest BCUT2D eigenvalue weighted by atomic mass is 16.3. The zero-order valence-electron chi connectivity index (χ0n) is 20.2. The maximum absolute atomic E-state index is 13.2. The van der Waals surface area contributed by atoms with Crippen LogP contribution >= 0.6 is 0 Å². The number of nitrogens with one attached hydrogen (secondary N) is 1. The number of rotatable bonds is 6. The van der Waals surface area contributed by atoms with Gasteiger partial charge in [0.05, 0.1) is 5.60 Å². The van der Waals surface area contributed by atoms with E-state index in [0.29, 0.717) is 43.1 Å². The molecule has 0 radical (unpaired) electrons. The van der Waals surface area contributed by atoms with Gasteiger partial charge in [-0.2, -0.15) is 0 Å². The van der Waals surface area contributed by atoms with E-state index in [9.17, 15) is 19.5 Å². The maximum Gasteiger partial charge on any atom is 0.270 e. The molecule has 1 aromatic heterocycles. The van der Waals surface area contributed by atoms with Gasteiger partial charge in [-0.3, -0.25) is 9.59 Å². The lowest BCUT2D eigenvalue weighted by Crippen LogP contribution is -2.61. The van der Waals surface area contributed by atoms with Crippen LogP contribution in [0.2, 0.25) is 0 Å². The largest absolute Gasteiger partial charge is 0.390 e. The second-order valence-electron chi connectivity index (χ2n) is 11.2. The maximum atomic E-state index is 13.2. The summed E-state index contributed by atoms with van der Waals surface area (Å²) in [6.07, 6.45) is 5.27. The van der Waals surface area contributed by atoms with E-state index in [1.165, 1.54) is 6.92 Å². The molecule has 34 heavy (non-hydrogen) atoms. The van der Waals surface area contributed by atoms with Crippen LogP contribution in [0.4, 0.5) is 5.82 Å². The van der Waals surface area contributed by atoms with Gasteiger partial charge in [-0.25, -0.2) is 4.98 Å². The second kappa shape index (κ2) is 8.95. The Bertz CT molecular complexity index is 965. The van der Waals surface area contributed by atoms with E-state index < -0.39 is 5.60 Å². The Morgan fingerprint density at radius 3 is 2.50 bits per heavy atom. The molecule has 5 fully saturated rings. The Balaban J connectivity index is 1.21. The van der Waals surface area contributed by atoms with Gasteiger partial charge in [0.2, 0.25) is 5.91 Å². The van der Waals surface area contributed by atoms with Crippen LogP contribution in [0, 0.1) is 17.8 Å². The molecule has 4 bridgehead atoms. The summed E-state index contributed by atoms with van der Waals surface area (Å²) in [5.74, 6) is 1.97. The summed E-state index contributed by atoms with van der Waals surface area (Å²) in [6.45, 7) is 5.35. The Kier molecular flexibility index (Phi) is 6.12. The van der Waals surface area contributed by atoms with Gasteiger partial charge in [0.1, 0.15) is 17.3 Å². The highest BCUT2D eigenvalue weighted by Crippen LogP contribution is 2.55. The number of ketones is 1. The van der Waals surface area contributed by atoms with Gasteiger partial charge in [-0.15, -0.1) is 0 Å². The number of amides is 2. The van der Waals surface area contributed by atoms with Crippen LogP contribution in [0.15, 0.2) is 18.2 Å². The molecule has 2 N–H and O–H groups in total. The fourth-order valence-corrected chi connectivity index (χ4v) is 7.12. The van der Waals surface area contributed by atoms with Crippen LogP contribution < -0.4 is 10.2 Å². The highest BCUT2D eigenvalue weighted by molar-refractivity contribution is 5.93. The fourth-order valence-electron chi connectivity index (χ4n) is 7.12. The second-order valence-corrected chi connectivity index (χ2v) is 11.2. The van der Waals surface area contributed by atoms with Crippen molar-refractivity contribution in [3.63, 3.8) is 0 Å². The van der Waals surface area contributed by atoms with E-state index in [0.717, 1.165) is 37.9 Å². The number of hydrogen-bond acceptors (Lipinski definition) is 6. The number of hydrogen-bond donors (Lipinski definition) is 2. The average Bonchev–Trinajstić information content (AvgIpc) is 2.78. The van der Waals surface area contributed by atoms with Crippen molar-refractivity contribution in [1.82, 2.24) is 15.2 Å². The van der Waals surface area contributed by atoms with Gasteiger partial charge >= 0.3 is 0 Å². The fraction of sp³-hybridized carbons (Fsp3) is 0.692. The lowest BCUT2D eigenvalue weighted by Gasteiger charge is -2.58. The van der Waals surface area contributed by atoms with Crippen molar-refractivity contribution in [1.29, 1.82) is 0 Å². The first-order valence-electron chi connectivity index (χ1n) is 12.7. The van der Waals surface area contributed by atoms with Crippen LogP contribution in [0.5, 0.6) is 0 Å². The van der Waals surface area contributed by atoms with E-state index in [1.807, 2.05) is 17.0 Å². The highest BCUT2D eigenvalue weighted by Gasteiger charge is 2.55. The molecule has 2 unspecified atom stereocenters. The molecule has 1 aliphatic heterocycles. The summed E-state index contributed by atoms with van der Waals surface area (Å²) in [5.41, 5.74) is -0.0982. The van der Waals surface area contributed by atoms with Crippen molar-refractivity contribution >= 4 is 23.4 Å². The first-order chi connectivity index (χ1) is 16.2. The quantitative estimate of drug-likeness (QED) is 0.663. The van der Waals surface area contributed by atoms with Crippen LogP contribution in [-0.2, 0) is 9.59 Å². The van der Waals surface area contributed by atoms with Gasteiger partial charge in [-0.1, -0.05) is 6.07 Å². The standard InChI is InChI=1S/C26H36N4O4/c1-16-15-29(23(32)7-6-17(2)31)8-9-30(16)22-5-3-4-21(27-22)25(33)28-24-19-10-18-11-20(24)14-26(34,12-18)13-19/h3-5,16,18-20,24,34H,6-15H2,1-2H3,(H,28,33)/t16-,18?,19?,20?,24-,26-/m1/s1. The zero-order valence-corrected chi connectivity index (χ0v) is 20.2. The molecule has 1 aromatic rings. The molecule has 8 heteroatoms. The molecule has 2 amide bonds. The Hall–Kier alpha value is -2.48. The molecule has 6 rings (SSSR count). The minimum atomic E-state index is -0.512. The first kappa shape index (κ1) is 23.3. The number of piperazine rings is 1. The summed E-state index contributed by atoms with van der Waals surface area (Å²) in [5, 5.41) is 14.1. The molecule has 184 valence electrons. The van der Waals surface area contributed by atoms with Crippen LogP contribution in [-0.4, -0.2) is 69.9 Å². The predicted octanol–water partition coefficient (Wildman–Crippen LogP) is 2.16. The van der Waals surface area contributed by atoms with E-state index in [4.69, 9.17) is 0 Å². The van der Waals surface area contributed by atoms with Crippen molar-refractivity contribution in [2.75, 3.05) is 24.5 Å². The minimum Gasteiger partial charge on any atom is -0.390 e. The lowest BCUT2D eigenvalue weighted by atomic mass is 9.52. The number of carbonyl (C=O) groups is 3. The molecule has 4 saturated carbocycles. The summed E-state index contributed by atoms with van der Waals surface area (Å²) < 4.78 is 0. The number of aliphatic hydroxyl groups is 1. The predicted molar refractivity (Wildman–Crippen MR) is 127 cm³/mol. The van der Waals surface area contributed by atoms with Gasteiger partial charge in [0, 0.05) is 44.6 Å². The van der Waals surface area contributed by atoms with Crippen LogP contribution in [0.25, 0.3) is 0 Å². The van der Waals surface area contributed by atoms with Gasteiger partial charge in [-0.05, 0) is 75.8 Å². The monoisotopic (exact) mass is 468 g/mol. The Labute approximate surface area is 201 Å². The molecule has 3 atom stereocenters. The van der Waals surface area contributed by atoms with Crippen molar-refractivity contribution in [3.05, 3.63) is 23.9 Å². The van der Waals surface area contributed by atoms with E-state index in [2.05, 4.69) is 22.1 Å². The molecule has 2 heterocycles. The third kappa shape index (κ3) is 4.57. The number of aromatic nitrogens is 1. The van der Waals surface area contributed by atoms with Crippen molar-refractivity contribution in [2.45, 2.75) is 76.5 Å².